The molecule has 0 bridgehead atoms. The Hall–Kier alpha value is 0.430. The van der Waals surface area contributed by atoms with Gasteiger partial charge in [0.2, 0.25) is 0 Å². The first-order valence-electron chi connectivity index (χ1n) is 5.77. The Morgan fingerprint density at radius 2 is 2.00 bits per heavy atom. The molecule has 0 aliphatic heterocycles. The Bertz CT molecular complexity index is 208. The third kappa shape index (κ3) is 5.17. The summed E-state index contributed by atoms with van der Waals surface area (Å²) in [5, 5.41) is 0.0802. The van der Waals surface area contributed by atoms with E-state index in [1.165, 1.54) is 0 Å². The summed E-state index contributed by atoms with van der Waals surface area (Å²) < 4.78 is 35.9. The summed E-state index contributed by atoms with van der Waals surface area (Å²) in [7, 11) is 0. The monoisotopic (exact) mass is 274 g/mol. The van der Waals surface area contributed by atoms with Gasteiger partial charge in [-0.15, -0.1) is 11.6 Å². The molecule has 0 radical (unpaired) electrons. The molecule has 0 heterocycles. The van der Waals surface area contributed by atoms with Crippen molar-refractivity contribution in [3.63, 3.8) is 0 Å². The molecule has 0 spiro atoms. The van der Waals surface area contributed by atoms with Gasteiger partial charge in [0.25, 0.3) is 0 Å². The van der Waals surface area contributed by atoms with Gasteiger partial charge >= 0.3 is 5.51 Å². The highest BCUT2D eigenvalue weighted by Crippen LogP contribution is 2.38. The van der Waals surface area contributed by atoms with Gasteiger partial charge in [-0.1, -0.05) is 25.1 Å². The van der Waals surface area contributed by atoms with E-state index in [9.17, 15) is 13.2 Å². The van der Waals surface area contributed by atoms with E-state index in [-0.39, 0.29) is 28.8 Å². The average molecular weight is 275 g/mol. The molecule has 1 aliphatic rings. The average Bonchev–Trinajstić information content (AvgIpc) is 2.19. The van der Waals surface area contributed by atoms with Crippen LogP contribution in [0.25, 0.3) is 0 Å². The van der Waals surface area contributed by atoms with E-state index < -0.39 is 5.51 Å². The van der Waals surface area contributed by atoms with Crippen molar-refractivity contribution in [3.8, 4) is 0 Å². The minimum Gasteiger partial charge on any atom is -0.160 e. The first kappa shape index (κ1) is 14.5. The van der Waals surface area contributed by atoms with Crippen LogP contribution in [0.3, 0.4) is 0 Å². The van der Waals surface area contributed by atoms with Crippen LogP contribution < -0.4 is 0 Å². The maximum absolute atomic E-state index is 12.0. The molecule has 0 aromatic heterocycles. The highest BCUT2D eigenvalue weighted by atomic mass is 35.5. The fraction of sp³-hybridized carbons (Fsp3) is 1.00. The summed E-state index contributed by atoms with van der Waals surface area (Å²) in [4.78, 5) is 0. The van der Waals surface area contributed by atoms with Gasteiger partial charge in [-0.25, -0.2) is 0 Å². The fourth-order valence-corrected chi connectivity index (χ4v) is 3.33. The lowest BCUT2D eigenvalue weighted by molar-refractivity contribution is -0.0328. The number of alkyl halides is 4. The van der Waals surface area contributed by atoms with E-state index in [4.69, 9.17) is 11.6 Å². The summed E-state index contributed by atoms with van der Waals surface area (Å²) in [5.41, 5.74) is -4.10. The minimum atomic E-state index is -4.10. The van der Waals surface area contributed by atoms with Crippen LogP contribution in [-0.4, -0.2) is 16.6 Å². The fourth-order valence-electron chi connectivity index (χ4n) is 2.32. The third-order valence-electron chi connectivity index (χ3n) is 3.33. The van der Waals surface area contributed by atoms with E-state index in [0.717, 1.165) is 25.7 Å². The molecule has 0 saturated heterocycles. The van der Waals surface area contributed by atoms with Crippen LogP contribution in [0.2, 0.25) is 0 Å². The Balaban J connectivity index is 2.28. The van der Waals surface area contributed by atoms with Crippen molar-refractivity contribution in [3.05, 3.63) is 0 Å². The van der Waals surface area contributed by atoms with Crippen LogP contribution >= 0.6 is 23.4 Å². The molecule has 0 aromatic rings. The zero-order valence-corrected chi connectivity index (χ0v) is 11.0. The van der Waals surface area contributed by atoms with Crippen molar-refractivity contribution < 1.29 is 13.2 Å². The SMILES string of the molecule is CCC1CCC(Cl)C(CCSC(F)(F)F)C1. The molecule has 1 fully saturated rings. The predicted octanol–water partition coefficient (Wildman–Crippen LogP) is 5.06. The van der Waals surface area contributed by atoms with Crippen LogP contribution in [0.4, 0.5) is 13.2 Å². The normalized spacial score (nSPS) is 31.7. The molecular weight excluding hydrogens is 257 g/mol. The van der Waals surface area contributed by atoms with Gasteiger partial charge in [0.1, 0.15) is 0 Å². The molecule has 0 aromatic carbocycles. The topological polar surface area (TPSA) is 0 Å². The molecule has 16 heavy (non-hydrogen) atoms. The Kier molecular flexibility index (Phi) is 5.78. The lowest BCUT2D eigenvalue weighted by Crippen LogP contribution is -2.26. The summed E-state index contributed by atoms with van der Waals surface area (Å²) >= 11 is 6.24. The lowest BCUT2D eigenvalue weighted by atomic mass is 9.79. The quantitative estimate of drug-likeness (QED) is 0.646. The molecule has 3 atom stereocenters. The second kappa shape index (κ2) is 6.39. The van der Waals surface area contributed by atoms with E-state index in [1.54, 1.807) is 0 Å². The highest BCUT2D eigenvalue weighted by Gasteiger charge is 2.31. The van der Waals surface area contributed by atoms with Gasteiger partial charge in [0.05, 0.1) is 0 Å². The number of halogens is 4. The largest absolute Gasteiger partial charge is 0.441 e. The zero-order valence-electron chi connectivity index (χ0n) is 9.39. The van der Waals surface area contributed by atoms with Gasteiger partial charge in [0.15, 0.2) is 0 Å². The van der Waals surface area contributed by atoms with Gasteiger partial charge in [-0.2, -0.15) is 13.2 Å². The number of hydrogen-bond acceptors (Lipinski definition) is 1. The summed E-state index contributed by atoms with van der Waals surface area (Å²) in [6, 6.07) is 0. The van der Waals surface area contributed by atoms with Crippen molar-refractivity contribution in [2.45, 2.75) is 49.9 Å². The van der Waals surface area contributed by atoms with Gasteiger partial charge < -0.3 is 0 Å². The van der Waals surface area contributed by atoms with E-state index in [1.807, 2.05) is 0 Å². The summed E-state index contributed by atoms with van der Waals surface area (Å²) in [6.07, 6.45) is 4.81. The number of thioether (sulfide) groups is 1. The molecule has 3 unspecified atom stereocenters. The van der Waals surface area contributed by atoms with Gasteiger partial charge in [0, 0.05) is 11.1 Å². The van der Waals surface area contributed by atoms with Crippen molar-refractivity contribution in [1.29, 1.82) is 0 Å². The Morgan fingerprint density at radius 3 is 2.56 bits per heavy atom. The molecule has 5 heteroatoms. The maximum atomic E-state index is 12.0. The summed E-state index contributed by atoms with van der Waals surface area (Å²) in [5.74, 6) is 1.08. The van der Waals surface area contributed by atoms with Crippen molar-refractivity contribution >= 4 is 23.4 Å². The molecule has 0 N–H and O–H groups in total. The van der Waals surface area contributed by atoms with Crippen LogP contribution in [0, 0.1) is 11.8 Å². The van der Waals surface area contributed by atoms with Crippen molar-refractivity contribution in [2.24, 2.45) is 11.8 Å². The van der Waals surface area contributed by atoms with Gasteiger partial charge in [-0.3, -0.25) is 0 Å². The van der Waals surface area contributed by atoms with Crippen molar-refractivity contribution in [1.82, 2.24) is 0 Å². The van der Waals surface area contributed by atoms with E-state index in [2.05, 4.69) is 6.92 Å². The Morgan fingerprint density at radius 1 is 1.31 bits per heavy atom. The molecule has 0 amide bonds. The second-order valence-electron chi connectivity index (χ2n) is 4.45. The summed E-state index contributed by atoms with van der Waals surface area (Å²) in [6.45, 7) is 2.14. The highest BCUT2D eigenvalue weighted by molar-refractivity contribution is 8.00. The first-order valence-corrected chi connectivity index (χ1v) is 7.19. The van der Waals surface area contributed by atoms with Crippen LogP contribution in [0.5, 0.6) is 0 Å². The van der Waals surface area contributed by atoms with E-state index >= 15 is 0 Å². The zero-order chi connectivity index (χ0) is 12.2. The van der Waals surface area contributed by atoms with Crippen LogP contribution in [0.1, 0.15) is 39.0 Å². The standard InChI is InChI=1S/C11H18ClF3S/c1-2-8-3-4-10(12)9(7-8)5-6-16-11(13,14)15/h8-10H,2-7H2,1H3. The second-order valence-corrected chi connectivity index (χ2v) is 6.17. The Labute approximate surface area is 104 Å². The van der Waals surface area contributed by atoms with Gasteiger partial charge in [-0.05, 0) is 37.5 Å². The maximum Gasteiger partial charge on any atom is 0.441 e. The minimum absolute atomic E-state index is 0.0794. The number of hydrogen-bond donors (Lipinski definition) is 0. The first-order chi connectivity index (χ1) is 7.42. The molecular formula is C11H18ClF3S. The molecule has 1 aliphatic carbocycles. The number of rotatable bonds is 4. The van der Waals surface area contributed by atoms with Crippen LogP contribution in [0.15, 0.2) is 0 Å². The predicted molar refractivity (Wildman–Crippen MR) is 63.9 cm³/mol. The molecule has 1 rings (SSSR count). The lowest BCUT2D eigenvalue weighted by Gasteiger charge is -2.32. The smallest absolute Gasteiger partial charge is 0.160 e. The van der Waals surface area contributed by atoms with Crippen LogP contribution in [-0.2, 0) is 0 Å². The molecule has 1 saturated carbocycles. The molecule has 0 nitrogen and oxygen atoms in total. The van der Waals surface area contributed by atoms with E-state index in [0.29, 0.717) is 12.3 Å². The van der Waals surface area contributed by atoms with Crippen molar-refractivity contribution in [2.75, 3.05) is 5.75 Å². The third-order valence-corrected chi connectivity index (χ3v) is 4.67. The molecule has 96 valence electrons.